The van der Waals surface area contributed by atoms with Crippen LogP contribution in [0.1, 0.15) is 29.1 Å². The normalized spacial score (nSPS) is 15.5. The molecule has 0 unspecified atom stereocenters. The molecule has 0 N–H and O–H groups in total. The largest absolute Gasteiger partial charge is 0.344 e. The molecule has 4 rings (SSSR count). The number of fused-ring (bicyclic) bond motifs is 1. The highest BCUT2D eigenvalue weighted by molar-refractivity contribution is 7.09. The first-order valence-corrected chi connectivity index (χ1v) is 8.64. The molecule has 0 aliphatic carbocycles. The summed E-state index contributed by atoms with van der Waals surface area (Å²) in [6.07, 6.45) is 4.40. The van der Waals surface area contributed by atoms with Gasteiger partial charge in [-0.05, 0) is 43.5 Å². The van der Waals surface area contributed by atoms with Crippen LogP contribution in [-0.2, 0) is 22.3 Å². The van der Waals surface area contributed by atoms with E-state index in [-0.39, 0.29) is 6.29 Å². The van der Waals surface area contributed by atoms with Crippen LogP contribution >= 0.6 is 11.3 Å². The molecule has 3 aromatic heterocycles. The SMILES string of the molecule is c1cnc2nc(CCCc3csc(C4OCCO4)n3)ccc2c1. The van der Waals surface area contributed by atoms with Gasteiger partial charge in [-0.15, -0.1) is 11.3 Å². The highest BCUT2D eigenvalue weighted by Gasteiger charge is 2.21. The van der Waals surface area contributed by atoms with Gasteiger partial charge in [-0.1, -0.05) is 0 Å². The molecule has 5 nitrogen and oxygen atoms in total. The van der Waals surface area contributed by atoms with E-state index in [1.165, 1.54) is 0 Å². The Hall–Kier alpha value is -1.89. The van der Waals surface area contributed by atoms with Crippen molar-refractivity contribution in [3.8, 4) is 0 Å². The molecular weight excluding hydrogens is 310 g/mol. The third-order valence-electron chi connectivity index (χ3n) is 3.78. The van der Waals surface area contributed by atoms with E-state index < -0.39 is 0 Å². The zero-order valence-corrected chi connectivity index (χ0v) is 13.5. The lowest BCUT2D eigenvalue weighted by Gasteiger charge is -2.03. The maximum atomic E-state index is 5.48. The van der Waals surface area contributed by atoms with Crippen molar-refractivity contribution in [2.75, 3.05) is 13.2 Å². The van der Waals surface area contributed by atoms with Gasteiger partial charge in [0.25, 0.3) is 0 Å². The molecule has 1 saturated heterocycles. The van der Waals surface area contributed by atoms with E-state index in [1.807, 2.05) is 12.1 Å². The summed E-state index contributed by atoms with van der Waals surface area (Å²) < 4.78 is 11.0. The molecule has 1 fully saturated rings. The Morgan fingerprint density at radius 1 is 1.04 bits per heavy atom. The first-order valence-electron chi connectivity index (χ1n) is 7.77. The Morgan fingerprint density at radius 2 is 1.91 bits per heavy atom. The minimum absolute atomic E-state index is 0.262. The fourth-order valence-corrected chi connectivity index (χ4v) is 3.47. The van der Waals surface area contributed by atoms with Crippen LogP contribution in [0.2, 0.25) is 0 Å². The summed E-state index contributed by atoms with van der Waals surface area (Å²) in [5, 5.41) is 4.10. The van der Waals surface area contributed by atoms with Gasteiger partial charge < -0.3 is 9.47 Å². The molecule has 1 aliphatic rings. The molecule has 0 amide bonds. The molecule has 118 valence electrons. The maximum absolute atomic E-state index is 5.48. The number of hydrogen-bond acceptors (Lipinski definition) is 6. The fourth-order valence-electron chi connectivity index (χ4n) is 2.63. The fraction of sp³-hybridized carbons (Fsp3) is 0.353. The van der Waals surface area contributed by atoms with Crippen LogP contribution in [0.5, 0.6) is 0 Å². The molecule has 0 spiro atoms. The number of ether oxygens (including phenoxy) is 2. The molecule has 1 aliphatic heterocycles. The predicted molar refractivity (Wildman–Crippen MR) is 88.3 cm³/mol. The number of nitrogens with zero attached hydrogens (tertiary/aromatic N) is 3. The second-order valence-electron chi connectivity index (χ2n) is 5.46. The van der Waals surface area contributed by atoms with E-state index in [1.54, 1.807) is 17.5 Å². The summed E-state index contributed by atoms with van der Waals surface area (Å²) in [5.41, 5.74) is 2.99. The lowest BCUT2D eigenvalue weighted by Crippen LogP contribution is -1.98. The minimum Gasteiger partial charge on any atom is -0.344 e. The summed E-state index contributed by atoms with van der Waals surface area (Å²) in [6.45, 7) is 1.31. The number of rotatable bonds is 5. The van der Waals surface area contributed by atoms with Crippen molar-refractivity contribution in [1.82, 2.24) is 15.0 Å². The van der Waals surface area contributed by atoms with Gasteiger partial charge >= 0.3 is 0 Å². The van der Waals surface area contributed by atoms with Crippen molar-refractivity contribution in [1.29, 1.82) is 0 Å². The third-order valence-corrected chi connectivity index (χ3v) is 4.70. The smallest absolute Gasteiger partial charge is 0.211 e. The molecule has 0 saturated carbocycles. The van der Waals surface area contributed by atoms with Gasteiger partial charge in [-0.25, -0.2) is 15.0 Å². The van der Waals surface area contributed by atoms with E-state index >= 15 is 0 Å². The van der Waals surface area contributed by atoms with E-state index in [9.17, 15) is 0 Å². The quantitative estimate of drug-likeness (QED) is 0.719. The van der Waals surface area contributed by atoms with E-state index in [4.69, 9.17) is 9.47 Å². The molecule has 0 aromatic carbocycles. The van der Waals surface area contributed by atoms with E-state index in [0.29, 0.717) is 13.2 Å². The van der Waals surface area contributed by atoms with E-state index in [2.05, 4.69) is 32.5 Å². The van der Waals surface area contributed by atoms with Gasteiger partial charge in [-0.3, -0.25) is 0 Å². The summed E-state index contributed by atoms with van der Waals surface area (Å²) >= 11 is 1.61. The zero-order chi connectivity index (χ0) is 15.5. The Labute approximate surface area is 138 Å². The molecule has 0 radical (unpaired) electrons. The lowest BCUT2D eigenvalue weighted by atomic mass is 10.1. The Bertz CT molecular complexity index is 799. The van der Waals surface area contributed by atoms with Gasteiger partial charge in [0.15, 0.2) is 5.65 Å². The summed E-state index contributed by atoms with van der Waals surface area (Å²) in [7, 11) is 0. The number of aromatic nitrogens is 3. The van der Waals surface area contributed by atoms with Gasteiger partial charge in [0.05, 0.1) is 18.9 Å². The summed E-state index contributed by atoms with van der Waals surface area (Å²) in [6, 6.07) is 8.13. The average Bonchev–Trinajstić information content (AvgIpc) is 3.26. The first-order chi connectivity index (χ1) is 11.4. The van der Waals surface area contributed by atoms with E-state index in [0.717, 1.165) is 46.7 Å². The first kappa shape index (κ1) is 14.7. The van der Waals surface area contributed by atoms with Gasteiger partial charge in [0.1, 0.15) is 5.01 Å². The Morgan fingerprint density at radius 3 is 2.83 bits per heavy atom. The van der Waals surface area contributed by atoms with Crippen LogP contribution in [0, 0.1) is 0 Å². The van der Waals surface area contributed by atoms with Crippen molar-refractivity contribution in [3.63, 3.8) is 0 Å². The number of thiazole rings is 1. The monoisotopic (exact) mass is 327 g/mol. The van der Waals surface area contributed by atoms with Crippen molar-refractivity contribution < 1.29 is 9.47 Å². The highest BCUT2D eigenvalue weighted by atomic mass is 32.1. The van der Waals surface area contributed by atoms with Crippen LogP contribution in [0.25, 0.3) is 11.0 Å². The summed E-state index contributed by atoms with van der Waals surface area (Å²) in [5.74, 6) is 0. The Balaban J connectivity index is 1.35. The molecular formula is C17H17N3O2S. The molecule has 0 bridgehead atoms. The van der Waals surface area contributed by atoms with Crippen molar-refractivity contribution in [3.05, 3.63) is 52.2 Å². The molecule has 0 atom stereocenters. The number of pyridine rings is 2. The van der Waals surface area contributed by atoms with Crippen LogP contribution in [0.3, 0.4) is 0 Å². The lowest BCUT2D eigenvalue weighted by molar-refractivity contribution is -0.0443. The van der Waals surface area contributed by atoms with Crippen LogP contribution in [0.15, 0.2) is 35.8 Å². The third kappa shape index (κ3) is 3.39. The highest BCUT2D eigenvalue weighted by Crippen LogP contribution is 2.26. The Kier molecular flexibility index (Phi) is 4.28. The maximum Gasteiger partial charge on any atom is 0.211 e. The molecule has 23 heavy (non-hydrogen) atoms. The summed E-state index contributed by atoms with van der Waals surface area (Å²) in [4.78, 5) is 13.5. The van der Waals surface area contributed by atoms with Gasteiger partial charge in [0.2, 0.25) is 6.29 Å². The topological polar surface area (TPSA) is 57.1 Å². The molecule has 3 aromatic rings. The second kappa shape index (κ2) is 6.70. The van der Waals surface area contributed by atoms with Crippen LogP contribution < -0.4 is 0 Å². The average molecular weight is 327 g/mol. The van der Waals surface area contributed by atoms with Crippen molar-refractivity contribution in [2.45, 2.75) is 25.6 Å². The van der Waals surface area contributed by atoms with Crippen LogP contribution in [0.4, 0.5) is 0 Å². The minimum atomic E-state index is -0.262. The van der Waals surface area contributed by atoms with Gasteiger partial charge in [-0.2, -0.15) is 0 Å². The second-order valence-corrected chi connectivity index (χ2v) is 6.35. The van der Waals surface area contributed by atoms with Crippen molar-refractivity contribution >= 4 is 22.4 Å². The molecule has 4 heterocycles. The van der Waals surface area contributed by atoms with Crippen LogP contribution in [-0.4, -0.2) is 28.2 Å². The predicted octanol–water partition coefficient (Wildman–Crippen LogP) is 3.31. The molecule has 6 heteroatoms. The van der Waals surface area contributed by atoms with Crippen molar-refractivity contribution in [2.24, 2.45) is 0 Å². The zero-order valence-electron chi connectivity index (χ0n) is 12.6. The number of aryl methyl sites for hydroxylation is 2. The standard InChI is InChI=1S/C17H17N3O2S/c1(4-13-7-6-12-3-2-8-18-15(12)19-13)5-14-11-23-16(20-14)17-21-9-10-22-17/h2-3,6-8,11,17H,1,4-5,9-10H2. The van der Waals surface area contributed by atoms with Gasteiger partial charge in [0, 0.05) is 22.7 Å². The number of hydrogen-bond donors (Lipinski definition) is 0.